The zero-order chi connectivity index (χ0) is 15.0. The largest absolute Gasteiger partial charge is 0.384 e. The van der Waals surface area contributed by atoms with E-state index in [1.807, 2.05) is 13.0 Å². The van der Waals surface area contributed by atoms with Crippen LogP contribution in [0, 0.1) is 5.92 Å². The summed E-state index contributed by atoms with van der Waals surface area (Å²) in [5, 5.41) is 3.16. The molecule has 0 bridgehead atoms. The Kier molecular flexibility index (Phi) is 7.01. The second kappa shape index (κ2) is 8.53. The van der Waals surface area contributed by atoms with Gasteiger partial charge in [-0.15, -0.1) is 0 Å². The summed E-state index contributed by atoms with van der Waals surface area (Å²) in [5.41, 5.74) is 1.40. The van der Waals surface area contributed by atoms with Crippen molar-refractivity contribution in [3.05, 3.63) is 24.0 Å². The molecule has 0 radical (unpaired) electrons. The number of ether oxygens (including phenoxy) is 1. The molecule has 1 heterocycles. The Morgan fingerprint density at radius 1 is 1.45 bits per heavy atom. The number of hydrogen-bond acceptors (Lipinski definition) is 4. The third kappa shape index (κ3) is 5.17. The maximum atomic E-state index is 12.4. The fourth-order valence-electron chi connectivity index (χ4n) is 1.91. The van der Waals surface area contributed by atoms with Crippen molar-refractivity contribution in [2.45, 2.75) is 20.8 Å². The minimum atomic E-state index is -0.0428. The normalized spacial score (nSPS) is 10.7. The number of rotatable bonds is 8. The molecule has 1 aromatic rings. The number of nitrogens with zero attached hydrogens (tertiary/aromatic N) is 2. The van der Waals surface area contributed by atoms with Crippen molar-refractivity contribution in [1.82, 2.24) is 9.88 Å². The number of hydrogen-bond donors (Lipinski definition) is 1. The van der Waals surface area contributed by atoms with Gasteiger partial charge in [0.15, 0.2) is 0 Å². The van der Waals surface area contributed by atoms with E-state index in [1.54, 1.807) is 24.3 Å². The van der Waals surface area contributed by atoms with Gasteiger partial charge in [-0.05, 0) is 25.0 Å². The Labute approximate surface area is 121 Å². The summed E-state index contributed by atoms with van der Waals surface area (Å²) < 4.78 is 5.07. The Balaban J connectivity index is 2.76. The molecule has 1 aromatic heterocycles. The Bertz CT molecular complexity index is 404. The van der Waals surface area contributed by atoms with E-state index in [-0.39, 0.29) is 5.91 Å². The molecular formula is C15H25N3O2. The number of amides is 1. The minimum absolute atomic E-state index is 0.0428. The number of pyridine rings is 1. The maximum absolute atomic E-state index is 12.4. The summed E-state index contributed by atoms with van der Waals surface area (Å²) in [6.07, 6.45) is 1.70. The molecule has 0 aliphatic rings. The lowest BCUT2D eigenvalue weighted by Gasteiger charge is -2.24. The summed E-state index contributed by atoms with van der Waals surface area (Å²) in [4.78, 5) is 18.5. The van der Waals surface area contributed by atoms with Crippen molar-refractivity contribution in [2.75, 3.05) is 38.7 Å². The lowest BCUT2D eigenvalue weighted by Crippen LogP contribution is -2.37. The SMILES string of the molecule is CCNc1ccc(C(=O)N(CCOC)CC(C)C)nc1. The number of aromatic nitrogens is 1. The highest BCUT2D eigenvalue weighted by Crippen LogP contribution is 2.09. The standard InChI is InChI=1S/C15H25N3O2/c1-5-16-13-6-7-14(17-10-13)15(19)18(8-9-20-4)11-12(2)3/h6-7,10,12,16H,5,8-9,11H2,1-4H3. The molecule has 0 aliphatic carbocycles. The molecule has 0 spiro atoms. The van der Waals surface area contributed by atoms with Crippen LogP contribution in [0.25, 0.3) is 0 Å². The molecule has 0 fully saturated rings. The van der Waals surface area contributed by atoms with Gasteiger partial charge in [-0.25, -0.2) is 4.98 Å². The van der Waals surface area contributed by atoms with Gasteiger partial charge in [0.2, 0.25) is 0 Å². The third-order valence-corrected chi connectivity index (χ3v) is 2.80. The van der Waals surface area contributed by atoms with E-state index in [0.29, 0.717) is 31.3 Å². The highest BCUT2D eigenvalue weighted by Gasteiger charge is 2.17. The highest BCUT2D eigenvalue weighted by molar-refractivity contribution is 5.92. The fraction of sp³-hybridized carbons (Fsp3) is 0.600. The van der Waals surface area contributed by atoms with E-state index in [2.05, 4.69) is 24.1 Å². The van der Waals surface area contributed by atoms with Crippen LogP contribution in [0.4, 0.5) is 5.69 Å². The molecule has 1 rings (SSSR count). The summed E-state index contributed by atoms with van der Waals surface area (Å²) in [5.74, 6) is 0.371. The number of nitrogens with one attached hydrogen (secondary N) is 1. The molecule has 0 aromatic carbocycles. The Morgan fingerprint density at radius 3 is 2.70 bits per heavy atom. The fourth-order valence-corrected chi connectivity index (χ4v) is 1.91. The van der Waals surface area contributed by atoms with Gasteiger partial charge in [-0.1, -0.05) is 13.8 Å². The van der Waals surface area contributed by atoms with Crippen LogP contribution in [0.3, 0.4) is 0 Å². The van der Waals surface area contributed by atoms with Crippen molar-refractivity contribution in [3.8, 4) is 0 Å². The number of methoxy groups -OCH3 is 1. The number of carbonyl (C=O) groups is 1. The lowest BCUT2D eigenvalue weighted by molar-refractivity contribution is 0.0666. The van der Waals surface area contributed by atoms with Gasteiger partial charge in [0.25, 0.3) is 5.91 Å². The quantitative estimate of drug-likeness (QED) is 0.793. The molecule has 0 unspecified atom stereocenters. The van der Waals surface area contributed by atoms with Gasteiger partial charge in [-0.3, -0.25) is 4.79 Å². The average Bonchev–Trinajstić information content (AvgIpc) is 2.43. The molecule has 0 aliphatic heterocycles. The van der Waals surface area contributed by atoms with Crippen molar-refractivity contribution in [3.63, 3.8) is 0 Å². The zero-order valence-corrected chi connectivity index (χ0v) is 12.8. The molecular weight excluding hydrogens is 254 g/mol. The molecule has 1 amide bonds. The molecule has 0 atom stereocenters. The Hall–Kier alpha value is -1.62. The molecule has 5 nitrogen and oxygen atoms in total. The average molecular weight is 279 g/mol. The first-order valence-corrected chi connectivity index (χ1v) is 7.06. The zero-order valence-electron chi connectivity index (χ0n) is 12.8. The van der Waals surface area contributed by atoms with Gasteiger partial charge in [0.1, 0.15) is 5.69 Å². The number of carbonyl (C=O) groups excluding carboxylic acids is 1. The van der Waals surface area contributed by atoms with Crippen LogP contribution in [0.15, 0.2) is 18.3 Å². The highest BCUT2D eigenvalue weighted by atomic mass is 16.5. The van der Waals surface area contributed by atoms with E-state index < -0.39 is 0 Å². The van der Waals surface area contributed by atoms with Gasteiger partial charge in [0.05, 0.1) is 18.5 Å². The predicted octanol–water partition coefficient (Wildman–Crippen LogP) is 2.26. The van der Waals surface area contributed by atoms with Gasteiger partial charge < -0.3 is 15.0 Å². The van der Waals surface area contributed by atoms with Crippen LogP contribution >= 0.6 is 0 Å². The van der Waals surface area contributed by atoms with Crippen LogP contribution in [-0.2, 0) is 4.74 Å². The van der Waals surface area contributed by atoms with Crippen LogP contribution in [-0.4, -0.2) is 49.1 Å². The molecule has 1 N–H and O–H groups in total. The first-order valence-electron chi connectivity index (χ1n) is 7.06. The van der Waals surface area contributed by atoms with Gasteiger partial charge in [0, 0.05) is 26.7 Å². The van der Waals surface area contributed by atoms with E-state index in [9.17, 15) is 4.79 Å². The molecule has 5 heteroatoms. The van der Waals surface area contributed by atoms with Crippen molar-refractivity contribution in [2.24, 2.45) is 5.92 Å². The van der Waals surface area contributed by atoms with E-state index in [0.717, 1.165) is 12.2 Å². The van der Waals surface area contributed by atoms with Crippen molar-refractivity contribution in [1.29, 1.82) is 0 Å². The first-order chi connectivity index (χ1) is 9.58. The summed E-state index contributed by atoms with van der Waals surface area (Å²) >= 11 is 0. The van der Waals surface area contributed by atoms with E-state index in [1.165, 1.54) is 0 Å². The van der Waals surface area contributed by atoms with Crippen LogP contribution in [0.1, 0.15) is 31.3 Å². The maximum Gasteiger partial charge on any atom is 0.272 e. The van der Waals surface area contributed by atoms with Gasteiger partial charge >= 0.3 is 0 Å². The smallest absolute Gasteiger partial charge is 0.272 e. The molecule has 20 heavy (non-hydrogen) atoms. The van der Waals surface area contributed by atoms with E-state index >= 15 is 0 Å². The van der Waals surface area contributed by atoms with Crippen LogP contribution in [0.5, 0.6) is 0 Å². The summed E-state index contributed by atoms with van der Waals surface area (Å²) in [6.45, 7) is 8.87. The first kappa shape index (κ1) is 16.4. The Morgan fingerprint density at radius 2 is 2.20 bits per heavy atom. The van der Waals surface area contributed by atoms with Crippen molar-refractivity contribution >= 4 is 11.6 Å². The summed E-state index contributed by atoms with van der Waals surface area (Å²) in [7, 11) is 1.64. The van der Waals surface area contributed by atoms with E-state index in [4.69, 9.17) is 4.74 Å². The second-order valence-electron chi connectivity index (χ2n) is 5.10. The van der Waals surface area contributed by atoms with Crippen LogP contribution < -0.4 is 5.32 Å². The molecule has 0 saturated heterocycles. The number of anilines is 1. The summed E-state index contributed by atoms with van der Waals surface area (Å²) in [6, 6.07) is 3.65. The monoisotopic (exact) mass is 279 g/mol. The third-order valence-electron chi connectivity index (χ3n) is 2.80. The lowest BCUT2D eigenvalue weighted by atomic mass is 10.2. The molecule has 0 saturated carbocycles. The van der Waals surface area contributed by atoms with Crippen LogP contribution in [0.2, 0.25) is 0 Å². The molecule has 112 valence electrons. The predicted molar refractivity (Wildman–Crippen MR) is 81.0 cm³/mol. The van der Waals surface area contributed by atoms with Crippen molar-refractivity contribution < 1.29 is 9.53 Å². The topological polar surface area (TPSA) is 54.5 Å². The minimum Gasteiger partial charge on any atom is -0.384 e. The van der Waals surface area contributed by atoms with Gasteiger partial charge in [-0.2, -0.15) is 0 Å². The second-order valence-corrected chi connectivity index (χ2v) is 5.10.